The van der Waals surface area contributed by atoms with E-state index in [1.54, 1.807) is 5.41 Å². The van der Waals surface area contributed by atoms with Gasteiger partial charge in [0.2, 0.25) is 0 Å². The van der Waals surface area contributed by atoms with Crippen molar-refractivity contribution in [2.75, 3.05) is 0 Å². The van der Waals surface area contributed by atoms with E-state index in [1.807, 2.05) is 0 Å². The van der Waals surface area contributed by atoms with Crippen LogP contribution in [0.2, 0.25) is 0 Å². The molecule has 70 valence electrons. The van der Waals surface area contributed by atoms with E-state index in [2.05, 4.69) is 52.2 Å². The molecule has 0 rings (SSSR count). The van der Waals surface area contributed by atoms with E-state index in [1.165, 1.54) is 5.71 Å². The van der Waals surface area contributed by atoms with Gasteiger partial charge in [0.25, 0.3) is 0 Å². The van der Waals surface area contributed by atoms with Gasteiger partial charge in [-0.1, -0.05) is 27.7 Å². The molecule has 0 aromatic carbocycles. The van der Waals surface area contributed by atoms with Crippen LogP contribution in [0.4, 0.5) is 0 Å². The zero-order chi connectivity index (χ0) is 9.72. The minimum atomic E-state index is 0.455. The number of nitrogens with zero attached hydrogens (tertiary/aromatic N) is 1. The molecule has 0 saturated carbocycles. The maximum absolute atomic E-state index is 4.50. The zero-order valence-electron chi connectivity index (χ0n) is 8.63. The summed E-state index contributed by atoms with van der Waals surface area (Å²) < 4.78 is 0. The molecule has 0 saturated heterocycles. The van der Waals surface area contributed by atoms with Gasteiger partial charge in [-0.2, -0.15) is 0 Å². The first kappa shape index (κ1) is 11.8. The van der Waals surface area contributed by atoms with Gasteiger partial charge in [-0.15, -0.1) is 12.6 Å². The molecule has 0 aliphatic heterocycles. The summed E-state index contributed by atoms with van der Waals surface area (Å²) in [6, 6.07) is 0. The molecule has 0 aromatic rings. The Labute approximate surface area is 81.4 Å². The first-order valence-corrected chi connectivity index (χ1v) is 4.90. The van der Waals surface area contributed by atoms with Crippen molar-refractivity contribution in [3.63, 3.8) is 0 Å². The highest BCUT2D eigenvalue weighted by Gasteiger charge is 2.03. The Balaban J connectivity index is 4.49. The highest BCUT2D eigenvalue weighted by Crippen LogP contribution is 2.13. The lowest BCUT2D eigenvalue weighted by molar-refractivity contribution is 0.753. The van der Waals surface area contributed by atoms with Gasteiger partial charge in [-0.05, 0) is 24.2 Å². The molecular formula is C10H19NS. The molecule has 0 spiro atoms. The Morgan fingerprint density at radius 1 is 1.17 bits per heavy atom. The second-order valence-corrected chi connectivity index (χ2v) is 3.87. The van der Waals surface area contributed by atoms with Crippen molar-refractivity contribution in [2.45, 2.75) is 34.6 Å². The van der Waals surface area contributed by atoms with E-state index >= 15 is 0 Å². The van der Waals surface area contributed by atoms with Gasteiger partial charge in [0, 0.05) is 11.4 Å². The van der Waals surface area contributed by atoms with Gasteiger partial charge >= 0.3 is 0 Å². The van der Waals surface area contributed by atoms with Gasteiger partial charge in [-0.3, -0.25) is 4.99 Å². The molecule has 0 aliphatic carbocycles. The molecule has 0 heterocycles. The first-order valence-electron chi connectivity index (χ1n) is 4.38. The van der Waals surface area contributed by atoms with Crippen LogP contribution in [-0.4, -0.2) is 5.71 Å². The van der Waals surface area contributed by atoms with E-state index in [4.69, 9.17) is 0 Å². The second-order valence-electron chi connectivity index (χ2n) is 3.62. The fourth-order valence-corrected chi connectivity index (χ4v) is 0.996. The molecule has 0 amide bonds. The minimum Gasteiger partial charge on any atom is -0.261 e. The topological polar surface area (TPSA) is 12.4 Å². The molecule has 0 unspecified atom stereocenters. The lowest BCUT2D eigenvalue weighted by atomic mass is 10.1. The highest BCUT2D eigenvalue weighted by molar-refractivity contribution is 7.83. The molecule has 0 bridgehead atoms. The molecule has 0 aliphatic rings. The smallest absolute Gasteiger partial charge is 0.0488 e. The Kier molecular flexibility index (Phi) is 5.31. The maximum atomic E-state index is 4.50. The van der Waals surface area contributed by atoms with Gasteiger partial charge in [0.05, 0.1) is 0 Å². The van der Waals surface area contributed by atoms with Crippen molar-refractivity contribution in [2.24, 2.45) is 16.8 Å². The normalized spacial score (nSPS) is 14.7. The van der Waals surface area contributed by atoms with E-state index < -0.39 is 0 Å². The van der Waals surface area contributed by atoms with Crippen molar-refractivity contribution in [3.8, 4) is 0 Å². The monoisotopic (exact) mass is 185 g/mol. The van der Waals surface area contributed by atoms with Crippen molar-refractivity contribution in [1.29, 1.82) is 0 Å². The Hall–Kier alpha value is -0.240. The molecule has 0 fully saturated rings. The Morgan fingerprint density at radius 3 is 1.92 bits per heavy atom. The molecule has 2 heteroatoms. The molecule has 1 nitrogen and oxygen atoms in total. The lowest BCUT2D eigenvalue weighted by Gasteiger charge is -2.08. The average molecular weight is 185 g/mol. The molecular weight excluding hydrogens is 166 g/mol. The van der Waals surface area contributed by atoms with Gasteiger partial charge < -0.3 is 0 Å². The van der Waals surface area contributed by atoms with Gasteiger partial charge in [0.15, 0.2) is 0 Å². The molecule has 0 radical (unpaired) electrons. The minimum absolute atomic E-state index is 0.455. The van der Waals surface area contributed by atoms with E-state index in [-0.39, 0.29) is 0 Å². The van der Waals surface area contributed by atoms with E-state index in [0.29, 0.717) is 11.8 Å². The molecule has 0 aromatic heterocycles. The summed E-state index contributed by atoms with van der Waals surface area (Å²) in [5.41, 5.74) is 2.23. The van der Waals surface area contributed by atoms with Gasteiger partial charge in [0.1, 0.15) is 0 Å². The maximum Gasteiger partial charge on any atom is 0.0488 e. The summed E-state index contributed by atoms with van der Waals surface area (Å²) >= 11 is 4.13. The third-order valence-corrected chi connectivity index (χ3v) is 2.13. The predicted octanol–water partition coefficient (Wildman–Crippen LogP) is 3.53. The number of hydrogen-bond donors (Lipinski definition) is 1. The third-order valence-electron chi connectivity index (χ3n) is 1.86. The van der Waals surface area contributed by atoms with Crippen LogP contribution in [0, 0.1) is 11.8 Å². The average Bonchev–Trinajstić information content (AvgIpc) is 1.98. The molecule has 12 heavy (non-hydrogen) atoms. The highest BCUT2D eigenvalue weighted by atomic mass is 32.1. The van der Waals surface area contributed by atoms with E-state index in [9.17, 15) is 0 Å². The zero-order valence-corrected chi connectivity index (χ0v) is 9.52. The largest absolute Gasteiger partial charge is 0.261 e. The van der Waals surface area contributed by atoms with Crippen LogP contribution in [0.25, 0.3) is 0 Å². The third kappa shape index (κ3) is 3.96. The van der Waals surface area contributed by atoms with Crippen molar-refractivity contribution >= 4 is 18.3 Å². The van der Waals surface area contributed by atoms with Crippen molar-refractivity contribution in [3.05, 3.63) is 11.1 Å². The predicted molar refractivity (Wildman–Crippen MR) is 59.9 cm³/mol. The van der Waals surface area contributed by atoms with Crippen LogP contribution < -0.4 is 0 Å². The van der Waals surface area contributed by atoms with E-state index in [0.717, 1.165) is 5.70 Å². The van der Waals surface area contributed by atoms with Crippen LogP contribution in [0.15, 0.2) is 16.1 Å². The Bertz CT molecular complexity index is 190. The summed E-state index contributed by atoms with van der Waals surface area (Å²) in [7, 11) is 0. The standard InChI is InChI=1S/C10H19NS/c1-7(2)9(5)11-10(6-12)8(3)4/h6-8,12H,1-5H3/b10-6-,11-9+. The number of aliphatic imine (C=N–C) groups is 1. The summed E-state index contributed by atoms with van der Waals surface area (Å²) in [5, 5.41) is 1.79. The molecule has 0 N–H and O–H groups in total. The van der Waals surface area contributed by atoms with Crippen LogP contribution in [0.5, 0.6) is 0 Å². The lowest BCUT2D eigenvalue weighted by Crippen LogP contribution is -2.03. The quantitative estimate of drug-likeness (QED) is 0.510. The van der Waals surface area contributed by atoms with Crippen molar-refractivity contribution < 1.29 is 0 Å². The second kappa shape index (κ2) is 5.41. The SMILES string of the molecule is C/C(=N\C(=C/S)C(C)C)C(C)C. The number of allylic oxidation sites excluding steroid dienone is 1. The van der Waals surface area contributed by atoms with Crippen LogP contribution >= 0.6 is 12.6 Å². The summed E-state index contributed by atoms with van der Waals surface area (Å²) in [4.78, 5) is 4.50. The summed E-state index contributed by atoms with van der Waals surface area (Å²) in [6.45, 7) is 10.6. The van der Waals surface area contributed by atoms with Crippen LogP contribution in [-0.2, 0) is 0 Å². The van der Waals surface area contributed by atoms with Gasteiger partial charge in [-0.25, -0.2) is 0 Å². The Morgan fingerprint density at radius 2 is 1.67 bits per heavy atom. The fourth-order valence-electron chi connectivity index (χ4n) is 0.640. The first-order chi connectivity index (χ1) is 5.49. The van der Waals surface area contributed by atoms with Crippen LogP contribution in [0.3, 0.4) is 0 Å². The number of thiol groups is 1. The number of hydrogen-bond acceptors (Lipinski definition) is 2. The number of rotatable bonds is 3. The fraction of sp³-hybridized carbons (Fsp3) is 0.700. The summed E-state index contributed by atoms with van der Waals surface area (Å²) in [5.74, 6) is 0.975. The van der Waals surface area contributed by atoms with Crippen molar-refractivity contribution in [1.82, 2.24) is 0 Å². The van der Waals surface area contributed by atoms with Crippen LogP contribution in [0.1, 0.15) is 34.6 Å². The molecule has 0 atom stereocenters. The summed E-state index contributed by atoms with van der Waals surface area (Å²) in [6.07, 6.45) is 0.